The highest BCUT2D eigenvalue weighted by molar-refractivity contribution is 5.91. The quantitative estimate of drug-likeness (QED) is 0.181. The van der Waals surface area contributed by atoms with Gasteiger partial charge in [-0.3, -0.25) is 4.57 Å². The molecular weight excluding hydrogens is 548 g/mol. The summed E-state index contributed by atoms with van der Waals surface area (Å²) in [7, 11) is 0. The topological polar surface area (TPSA) is 107 Å². The van der Waals surface area contributed by atoms with E-state index < -0.39 is 17.2 Å². The number of carbonyl (C=O) groups is 1. The third-order valence-electron chi connectivity index (χ3n) is 8.54. The zero-order valence-corrected chi connectivity index (χ0v) is 25.4. The van der Waals surface area contributed by atoms with Gasteiger partial charge in [0.25, 0.3) is 0 Å². The number of pyridine rings is 1. The van der Waals surface area contributed by atoms with Crippen molar-refractivity contribution in [2.45, 2.75) is 58.1 Å². The Morgan fingerprint density at radius 2 is 1.75 bits per heavy atom. The number of carbonyl (C=O) groups excluding carboxylic acids is 1. The number of hydrogen-bond donors (Lipinski definition) is 3. The number of nitrogens with zero attached hydrogens (tertiary/aromatic N) is 3. The number of aromatic nitrogens is 3. The largest absolute Gasteiger partial charge is 0.444 e. The Kier molecular flexibility index (Phi) is 6.46. The Balaban J connectivity index is 1.40. The van der Waals surface area contributed by atoms with Crippen molar-refractivity contribution in [2.75, 3.05) is 11.1 Å². The molecule has 3 heterocycles. The number of rotatable bonds is 4. The Labute approximate surface area is 257 Å². The van der Waals surface area contributed by atoms with E-state index in [9.17, 15) is 4.79 Å². The van der Waals surface area contributed by atoms with Crippen molar-refractivity contribution in [2.24, 2.45) is 0 Å². The fourth-order valence-electron chi connectivity index (χ4n) is 6.14. The molecule has 3 aromatic carbocycles. The smallest absolute Gasteiger partial charge is 0.408 e. The molecule has 8 nitrogen and oxygen atoms in total. The number of fused-ring (bicyclic) bond motifs is 5. The second-order valence-corrected chi connectivity index (χ2v) is 12.7. The summed E-state index contributed by atoms with van der Waals surface area (Å²) < 4.78 is 7.80. The highest BCUT2D eigenvalue weighted by atomic mass is 16.6. The average Bonchev–Trinajstić information content (AvgIpc) is 3.30. The van der Waals surface area contributed by atoms with E-state index in [0.717, 1.165) is 87.2 Å². The number of benzene rings is 3. The molecule has 1 saturated carbocycles. The van der Waals surface area contributed by atoms with E-state index in [0.29, 0.717) is 0 Å². The summed E-state index contributed by atoms with van der Waals surface area (Å²) in [5.74, 6) is 1.56. The summed E-state index contributed by atoms with van der Waals surface area (Å²) in [4.78, 5) is 22.8. The number of alkyl carbamates (subject to hydrolysis) is 1. The number of nitrogen functional groups attached to an aromatic ring is 1. The molecule has 0 spiro atoms. The van der Waals surface area contributed by atoms with Crippen LogP contribution >= 0.6 is 0 Å². The number of hydrogen-bond acceptors (Lipinski definition) is 6. The second-order valence-electron chi connectivity index (χ2n) is 12.7. The minimum absolute atomic E-state index is 0.392. The van der Waals surface area contributed by atoms with Gasteiger partial charge in [0, 0.05) is 28.6 Å². The highest BCUT2D eigenvalue weighted by Gasteiger charge is 2.41. The molecule has 7 rings (SSSR count). The number of imidazole rings is 1. The Morgan fingerprint density at radius 3 is 2.45 bits per heavy atom. The van der Waals surface area contributed by atoms with Gasteiger partial charge in [-0.15, -0.1) is 0 Å². The predicted molar refractivity (Wildman–Crippen MR) is 175 cm³/mol. The summed E-state index contributed by atoms with van der Waals surface area (Å²) in [6, 6.07) is 26.8. The van der Waals surface area contributed by atoms with E-state index >= 15 is 0 Å². The van der Waals surface area contributed by atoms with Crippen molar-refractivity contribution in [3.8, 4) is 39.6 Å². The molecule has 44 heavy (non-hydrogen) atoms. The highest BCUT2D eigenvalue weighted by Crippen LogP contribution is 2.46. The van der Waals surface area contributed by atoms with Crippen LogP contribution in [-0.4, -0.2) is 26.2 Å². The van der Waals surface area contributed by atoms with Crippen molar-refractivity contribution in [3.63, 3.8) is 0 Å². The normalized spacial score (nSPS) is 14.6. The summed E-state index contributed by atoms with van der Waals surface area (Å²) in [5.41, 5.74) is 14.7. The van der Waals surface area contributed by atoms with Crippen LogP contribution in [0.15, 0.2) is 85.1 Å². The molecule has 0 bridgehead atoms. The minimum Gasteiger partial charge on any atom is -0.444 e. The van der Waals surface area contributed by atoms with Gasteiger partial charge in [-0.2, -0.15) is 0 Å². The van der Waals surface area contributed by atoms with Crippen LogP contribution in [0.1, 0.15) is 51.2 Å². The number of aryl methyl sites for hydroxylation is 1. The average molecular weight is 585 g/mol. The summed E-state index contributed by atoms with van der Waals surface area (Å²) in [6.45, 7) is 7.64. The zero-order valence-electron chi connectivity index (χ0n) is 25.4. The first-order chi connectivity index (χ1) is 21.1. The lowest BCUT2D eigenvalue weighted by atomic mass is 9.71. The van der Waals surface area contributed by atoms with Gasteiger partial charge in [-0.25, -0.2) is 14.8 Å². The Bertz CT molecular complexity index is 1900. The maximum Gasteiger partial charge on any atom is 0.408 e. The monoisotopic (exact) mass is 584 g/mol. The van der Waals surface area contributed by atoms with Crippen molar-refractivity contribution in [3.05, 3.63) is 96.2 Å². The first kappa shape index (κ1) is 27.7. The van der Waals surface area contributed by atoms with Crippen molar-refractivity contribution in [1.29, 1.82) is 0 Å². The van der Waals surface area contributed by atoms with E-state index in [1.165, 1.54) is 0 Å². The number of nitrogens with two attached hydrogens (primary N) is 1. The Morgan fingerprint density at radius 1 is 1.00 bits per heavy atom. The lowest BCUT2D eigenvalue weighted by Crippen LogP contribution is -2.52. The molecule has 2 aliphatic rings. The van der Waals surface area contributed by atoms with E-state index in [4.69, 9.17) is 20.4 Å². The van der Waals surface area contributed by atoms with Crippen molar-refractivity contribution < 1.29 is 9.53 Å². The van der Waals surface area contributed by atoms with Crippen LogP contribution < -0.4 is 16.4 Å². The molecule has 0 atom stereocenters. The zero-order chi connectivity index (χ0) is 30.6. The number of amides is 1. The maximum absolute atomic E-state index is 12.8. The van der Waals surface area contributed by atoms with E-state index in [1.807, 2.05) is 64.1 Å². The molecule has 2 aromatic heterocycles. The van der Waals surface area contributed by atoms with Gasteiger partial charge in [-0.05, 0) is 88.4 Å². The molecule has 0 unspecified atom stereocenters. The van der Waals surface area contributed by atoms with Crippen LogP contribution in [0, 0.1) is 6.92 Å². The fourth-order valence-corrected chi connectivity index (χ4v) is 6.14. The molecule has 1 aliphatic carbocycles. The van der Waals surface area contributed by atoms with Crippen LogP contribution in [0.5, 0.6) is 0 Å². The lowest BCUT2D eigenvalue weighted by molar-refractivity contribution is 0.0377. The van der Waals surface area contributed by atoms with Gasteiger partial charge in [0.2, 0.25) is 0 Å². The fraction of sp³-hybridized carbons (Fsp3) is 0.250. The van der Waals surface area contributed by atoms with Crippen molar-refractivity contribution in [1.82, 2.24) is 19.9 Å². The first-order valence-corrected chi connectivity index (χ1v) is 15.1. The van der Waals surface area contributed by atoms with E-state index in [2.05, 4.69) is 57.7 Å². The van der Waals surface area contributed by atoms with Crippen LogP contribution in [0.4, 0.5) is 22.0 Å². The number of para-hydroxylation sites is 1. The maximum atomic E-state index is 12.8. The molecule has 1 aliphatic heterocycles. The summed E-state index contributed by atoms with van der Waals surface area (Å²) >= 11 is 0. The number of nitrogens with one attached hydrogen (secondary N) is 2. The third-order valence-corrected chi connectivity index (χ3v) is 8.54. The minimum atomic E-state index is -0.562. The van der Waals surface area contributed by atoms with Gasteiger partial charge in [0.05, 0.1) is 28.3 Å². The molecule has 4 N–H and O–H groups in total. The molecule has 0 radical (unpaired) electrons. The summed E-state index contributed by atoms with van der Waals surface area (Å²) in [5, 5.41) is 6.70. The third kappa shape index (κ3) is 4.76. The van der Waals surface area contributed by atoms with Gasteiger partial charge in [0.1, 0.15) is 11.4 Å². The van der Waals surface area contributed by atoms with Crippen LogP contribution in [0.2, 0.25) is 0 Å². The molecule has 1 amide bonds. The van der Waals surface area contributed by atoms with Crippen LogP contribution in [-0.2, 0) is 10.3 Å². The molecular formula is C36H36N6O2. The van der Waals surface area contributed by atoms with Gasteiger partial charge in [-0.1, -0.05) is 48.5 Å². The van der Waals surface area contributed by atoms with E-state index in [-0.39, 0.29) is 0 Å². The Hall–Kier alpha value is -5.11. The number of ether oxygens (including phenoxy) is 1. The molecule has 222 valence electrons. The lowest BCUT2D eigenvalue weighted by Gasteiger charge is -2.43. The number of anilines is 3. The van der Waals surface area contributed by atoms with Crippen LogP contribution in [0.3, 0.4) is 0 Å². The van der Waals surface area contributed by atoms with Crippen LogP contribution in [0.25, 0.3) is 39.6 Å². The molecule has 5 aromatic rings. The summed E-state index contributed by atoms with van der Waals surface area (Å²) in [6.07, 6.45) is 4.17. The van der Waals surface area contributed by atoms with Gasteiger partial charge >= 0.3 is 6.09 Å². The second kappa shape index (κ2) is 10.3. The van der Waals surface area contributed by atoms with E-state index in [1.54, 1.807) is 6.20 Å². The predicted octanol–water partition coefficient (Wildman–Crippen LogP) is 8.12. The van der Waals surface area contributed by atoms with Gasteiger partial charge < -0.3 is 21.1 Å². The molecule has 8 heteroatoms. The SMILES string of the molecule is Cc1ccc(-c2nc3n(c2-c2ccc(C4(NC(=O)OC(C)(C)C)CCC4)cc2)-c2cccnc2Nc2ccccc2-3)cc1N. The standard InChI is InChI=1S/C36H36N6O2/c1-22-12-13-24(21-27(22)37)30-31(23-14-16-25(17-15-23)36(18-8-19-36)41-34(43)44-35(2,3)4)42-29-11-7-20-38-32(29)39-28-10-6-5-9-26(28)33(42)40-30/h5-7,9-17,20-21H,8,18-19,37H2,1-4H3,(H,38,39)(H,41,43). The molecule has 0 saturated heterocycles. The first-order valence-electron chi connectivity index (χ1n) is 15.1. The van der Waals surface area contributed by atoms with Crippen molar-refractivity contribution >= 4 is 23.3 Å². The van der Waals surface area contributed by atoms with Gasteiger partial charge in [0.15, 0.2) is 5.82 Å². The molecule has 1 fully saturated rings.